The molecular weight excluding hydrogens is 262 g/mol. The highest BCUT2D eigenvalue weighted by atomic mass is 32.2. The fourth-order valence-electron chi connectivity index (χ4n) is 2.52. The Labute approximate surface area is 114 Å². The van der Waals surface area contributed by atoms with Crippen molar-refractivity contribution in [2.24, 2.45) is 5.73 Å². The zero-order chi connectivity index (χ0) is 13.9. The molecule has 19 heavy (non-hydrogen) atoms. The lowest BCUT2D eigenvalue weighted by Crippen LogP contribution is -2.48. The number of hydrogen-bond acceptors (Lipinski definition) is 4. The van der Waals surface area contributed by atoms with Gasteiger partial charge in [0.2, 0.25) is 10.0 Å². The highest BCUT2D eigenvalue weighted by molar-refractivity contribution is 7.89. The molecule has 1 aromatic rings. The summed E-state index contributed by atoms with van der Waals surface area (Å²) in [7, 11) is -3.39. The molecule has 1 aliphatic rings. The molecule has 0 saturated carbocycles. The Morgan fingerprint density at radius 3 is 2.89 bits per heavy atom. The first-order valence-electron chi connectivity index (χ1n) is 6.69. The van der Waals surface area contributed by atoms with Gasteiger partial charge in [0.1, 0.15) is 5.25 Å². The quantitative estimate of drug-likeness (QED) is 0.903. The molecule has 1 aliphatic heterocycles. The Hall–Kier alpha value is -0.980. The van der Waals surface area contributed by atoms with E-state index in [1.165, 1.54) is 0 Å². The van der Waals surface area contributed by atoms with Crippen LogP contribution in [0.3, 0.4) is 0 Å². The van der Waals surface area contributed by atoms with Gasteiger partial charge in [0.15, 0.2) is 0 Å². The highest BCUT2D eigenvalue weighted by Gasteiger charge is 2.36. The summed E-state index contributed by atoms with van der Waals surface area (Å²) in [5, 5.41) is -0.624. The lowest BCUT2D eigenvalue weighted by atomic mass is 10.1. The first-order valence-corrected chi connectivity index (χ1v) is 8.19. The Bertz CT molecular complexity index is 504. The molecule has 2 heterocycles. The van der Waals surface area contributed by atoms with Crippen LogP contribution in [0.1, 0.15) is 37.1 Å². The van der Waals surface area contributed by atoms with Gasteiger partial charge in [0, 0.05) is 25.3 Å². The van der Waals surface area contributed by atoms with Gasteiger partial charge in [-0.15, -0.1) is 0 Å². The molecule has 0 spiro atoms. The van der Waals surface area contributed by atoms with Gasteiger partial charge in [0.05, 0.1) is 5.69 Å². The van der Waals surface area contributed by atoms with Gasteiger partial charge in [-0.25, -0.2) is 8.42 Å². The number of pyridine rings is 1. The van der Waals surface area contributed by atoms with Gasteiger partial charge in [-0.2, -0.15) is 4.31 Å². The van der Waals surface area contributed by atoms with Crippen molar-refractivity contribution in [1.82, 2.24) is 9.29 Å². The van der Waals surface area contributed by atoms with Crippen LogP contribution in [0.15, 0.2) is 24.4 Å². The molecule has 0 aliphatic carbocycles. The van der Waals surface area contributed by atoms with Crippen LogP contribution in [0, 0.1) is 0 Å². The standard InChI is InChI=1S/C13H21N3O2S/c1-11(13-7-2-4-8-15-13)19(17,18)16-9-5-3-6-12(16)10-14/h2,4,7-8,11-12H,3,5-6,9-10,14H2,1H3/t11-,12-/m1/s1. The summed E-state index contributed by atoms with van der Waals surface area (Å²) in [6, 6.07) is 5.28. The van der Waals surface area contributed by atoms with E-state index in [9.17, 15) is 8.42 Å². The van der Waals surface area contributed by atoms with Crippen molar-refractivity contribution in [2.45, 2.75) is 37.5 Å². The van der Waals surface area contributed by atoms with E-state index < -0.39 is 15.3 Å². The van der Waals surface area contributed by atoms with E-state index in [-0.39, 0.29) is 6.04 Å². The van der Waals surface area contributed by atoms with E-state index in [4.69, 9.17) is 5.73 Å². The van der Waals surface area contributed by atoms with E-state index in [0.717, 1.165) is 19.3 Å². The zero-order valence-electron chi connectivity index (χ0n) is 11.2. The number of sulfonamides is 1. The minimum Gasteiger partial charge on any atom is -0.329 e. The van der Waals surface area contributed by atoms with Gasteiger partial charge in [0.25, 0.3) is 0 Å². The minimum absolute atomic E-state index is 0.0649. The van der Waals surface area contributed by atoms with E-state index in [2.05, 4.69) is 4.98 Å². The zero-order valence-corrected chi connectivity index (χ0v) is 12.0. The molecule has 2 N–H and O–H groups in total. The van der Waals surface area contributed by atoms with Gasteiger partial charge in [-0.05, 0) is 31.9 Å². The highest BCUT2D eigenvalue weighted by Crippen LogP contribution is 2.28. The molecule has 2 rings (SSSR count). The lowest BCUT2D eigenvalue weighted by molar-refractivity contribution is 0.255. The van der Waals surface area contributed by atoms with Gasteiger partial charge in [-0.1, -0.05) is 12.5 Å². The third kappa shape index (κ3) is 2.96. The van der Waals surface area contributed by atoms with Gasteiger partial charge in [-0.3, -0.25) is 4.98 Å². The van der Waals surface area contributed by atoms with Crippen LogP contribution in [0.25, 0.3) is 0 Å². The lowest BCUT2D eigenvalue weighted by Gasteiger charge is -2.35. The van der Waals surface area contributed by atoms with Crippen molar-refractivity contribution in [3.63, 3.8) is 0 Å². The maximum atomic E-state index is 12.7. The molecule has 1 fully saturated rings. The van der Waals surface area contributed by atoms with Gasteiger partial charge >= 0.3 is 0 Å². The van der Waals surface area contributed by atoms with Crippen LogP contribution in [0.4, 0.5) is 0 Å². The molecular formula is C13H21N3O2S. The monoisotopic (exact) mass is 283 g/mol. The van der Waals surface area contributed by atoms with E-state index >= 15 is 0 Å². The van der Waals surface area contributed by atoms with Crippen LogP contribution in [0.5, 0.6) is 0 Å². The fraction of sp³-hybridized carbons (Fsp3) is 0.615. The largest absolute Gasteiger partial charge is 0.329 e. The molecule has 2 atom stereocenters. The molecule has 0 aromatic carbocycles. The number of hydrogen-bond donors (Lipinski definition) is 1. The van der Waals surface area contributed by atoms with E-state index in [0.29, 0.717) is 18.8 Å². The molecule has 106 valence electrons. The Morgan fingerprint density at radius 1 is 1.47 bits per heavy atom. The average Bonchev–Trinajstić information content (AvgIpc) is 2.47. The summed E-state index contributed by atoms with van der Waals surface area (Å²) >= 11 is 0. The van der Waals surface area contributed by atoms with Crippen molar-refractivity contribution in [3.8, 4) is 0 Å². The predicted molar refractivity (Wildman–Crippen MR) is 75.0 cm³/mol. The minimum atomic E-state index is -3.39. The van der Waals surface area contributed by atoms with Crippen molar-refractivity contribution >= 4 is 10.0 Å². The average molecular weight is 283 g/mol. The molecule has 0 unspecified atom stereocenters. The smallest absolute Gasteiger partial charge is 0.222 e. The molecule has 0 bridgehead atoms. The second-order valence-electron chi connectivity index (χ2n) is 4.94. The van der Waals surface area contributed by atoms with E-state index in [1.807, 2.05) is 6.07 Å². The molecule has 6 heteroatoms. The number of nitrogens with zero attached hydrogens (tertiary/aromatic N) is 2. The summed E-state index contributed by atoms with van der Waals surface area (Å²) in [5.74, 6) is 0. The molecule has 1 saturated heterocycles. The van der Waals surface area contributed by atoms with Crippen molar-refractivity contribution in [3.05, 3.63) is 30.1 Å². The summed E-state index contributed by atoms with van der Waals surface area (Å²) in [6.07, 6.45) is 4.43. The van der Waals surface area contributed by atoms with Crippen LogP contribution in [-0.4, -0.2) is 36.8 Å². The van der Waals surface area contributed by atoms with Crippen molar-refractivity contribution < 1.29 is 8.42 Å². The normalized spacial score (nSPS) is 23.2. The maximum absolute atomic E-state index is 12.7. The SMILES string of the molecule is C[C@H](c1ccccn1)S(=O)(=O)N1CCCC[C@@H]1CN. The second-order valence-corrected chi connectivity index (χ2v) is 7.14. The Morgan fingerprint density at radius 2 is 2.26 bits per heavy atom. The second kappa shape index (κ2) is 5.98. The number of aromatic nitrogens is 1. The summed E-state index contributed by atoms with van der Waals surface area (Å²) in [6.45, 7) is 2.65. The third-order valence-electron chi connectivity index (χ3n) is 3.72. The van der Waals surface area contributed by atoms with Crippen LogP contribution >= 0.6 is 0 Å². The molecule has 1 aromatic heterocycles. The summed E-state index contributed by atoms with van der Waals surface area (Å²) in [4.78, 5) is 4.15. The number of piperidine rings is 1. The van der Waals surface area contributed by atoms with Crippen LogP contribution in [0.2, 0.25) is 0 Å². The predicted octanol–water partition coefficient (Wildman–Crippen LogP) is 1.29. The molecule has 5 nitrogen and oxygen atoms in total. The number of rotatable bonds is 4. The van der Waals surface area contributed by atoms with Crippen molar-refractivity contribution in [1.29, 1.82) is 0 Å². The number of nitrogens with two attached hydrogens (primary N) is 1. The fourth-order valence-corrected chi connectivity index (χ4v) is 4.36. The van der Waals surface area contributed by atoms with Crippen LogP contribution in [-0.2, 0) is 10.0 Å². The first-order chi connectivity index (χ1) is 9.07. The Kier molecular flexibility index (Phi) is 4.54. The van der Waals surface area contributed by atoms with E-state index in [1.54, 1.807) is 29.6 Å². The summed E-state index contributed by atoms with van der Waals surface area (Å²) < 4.78 is 27.0. The summed E-state index contributed by atoms with van der Waals surface area (Å²) in [5.41, 5.74) is 6.29. The maximum Gasteiger partial charge on any atom is 0.222 e. The third-order valence-corrected chi connectivity index (χ3v) is 5.99. The Balaban J connectivity index is 2.26. The van der Waals surface area contributed by atoms with Gasteiger partial charge < -0.3 is 5.73 Å². The van der Waals surface area contributed by atoms with Crippen LogP contribution < -0.4 is 5.73 Å². The molecule has 0 amide bonds. The first kappa shape index (κ1) is 14.4. The molecule has 0 radical (unpaired) electrons. The topological polar surface area (TPSA) is 76.3 Å². The van der Waals surface area contributed by atoms with Crippen molar-refractivity contribution in [2.75, 3.05) is 13.1 Å².